The van der Waals surface area contributed by atoms with Gasteiger partial charge in [0.2, 0.25) is 0 Å². The van der Waals surface area contributed by atoms with Crippen LogP contribution >= 0.6 is 11.3 Å². The molecular weight excluding hydrogens is 344 g/mol. The number of para-hydroxylation sites is 1. The maximum absolute atomic E-state index is 5.97. The Balaban J connectivity index is 1.50. The van der Waals surface area contributed by atoms with E-state index in [-0.39, 0.29) is 0 Å². The lowest BCUT2D eigenvalue weighted by atomic mass is 10.2. The summed E-state index contributed by atoms with van der Waals surface area (Å²) in [4.78, 5) is 8.95. The molecule has 1 aromatic heterocycles. The summed E-state index contributed by atoms with van der Waals surface area (Å²) in [6.07, 6.45) is 2.60. The molecule has 2 N–H and O–H groups in total. The molecule has 2 aromatic rings. The highest BCUT2D eigenvalue weighted by molar-refractivity contribution is 7.09. The molecule has 3 rings (SSSR count). The largest absolute Gasteiger partial charge is 0.493 e. The molecule has 1 saturated carbocycles. The quantitative estimate of drug-likeness (QED) is 0.545. The second-order valence-electron chi connectivity index (χ2n) is 6.97. The minimum atomic E-state index is 0.471. The fraction of sp³-hybridized carbons (Fsp3) is 0.500. The van der Waals surface area contributed by atoms with Crippen LogP contribution in [0.3, 0.4) is 0 Å². The molecule has 1 fully saturated rings. The van der Waals surface area contributed by atoms with Gasteiger partial charge in [-0.1, -0.05) is 32.0 Å². The second kappa shape index (κ2) is 9.03. The lowest BCUT2D eigenvalue weighted by Crippen LogP contribution is -2.36. The van der Waals surface area contributed by atoms with Gasteiger partial charge >= 0.3 is 0 Å². The normalized spacial score (nSPS) is 14.5. The number of benzene rings is 1. The number of rotatable bonds is 8. The molecule has 1 aromatic carbocycles. The highest BCUT2D eigenvalue weighted by Gasteiger charge is 2.22. The second-order valence-corrected chi connectivity index (χ2v) is 7.86. The van der Waals surface area contributed by atoms with Crippen molar-refractivity contribution < 1.29 is 4.74 Å². The Morgan fingerprint density at radius 3 is 2.73 bits per heavy atom. The summed E-state index contributed by atoms with van der Waals surface area (Å²) in [5.41, 5.74) is 2.20. The number of aliphatic imine (C=N–C) groups is 1. The first-order chi connectivity index (χ1) is 12.7. The van der Waals surface area contributed by atoms with Crippen LogP contribution in [0.15, 0.2) is 34.6 Å². The van der Waals surface area contributed by atoms with Crippen molar-refractivity contribution in [2.75, 3.05) is 13.7 Å². The summed E-state index contributed by atoms with van der Waals surface area (Å²) < 4.78 is 5.97. The van der Waals surface area contributed by atoms with Gasteiger partial charge in [-0.2, -0.15) is 0 Å². The van der Waals surface area contributed by atoms with Crippen molar-refractivity contribution in [1.29, 1.82) is 0 Å². The van der Waals surface area contributed by atoms with Crippen molar-refractivity contribution >= 4 is 17.3 Å². The topological polar surface area (TPSA) is 58.5 Å². The van der Waals surface area contributed by atoms with E-state index in [9.17, 15) is 0 Å². The SMILES string of the molecule is CN=C(NCc1csc(C(C)C)n1)NCc1ccccc1OCC1CC1. The maximum Gasteiger partial charge on any atom is 0.191 e. The Bertz CT molecular complexity index is 737. The molecule has 0 spiro atoms. The summed E-state index contributed by atoms with van der Waals surface area (Å²) >= 11 is 1.71. The Hall–Kier alpha value is -2.08. The predicted octanol–water partition coefficient (Wildman–Crippen LogP) is 3.92. The first-order valence-corrected chi connectivity index (χ1v) is 10.1. The van der Waals surface area contributed by atoms with Crippen molar-refractivity contribution in [3.63, 3.8) is 0 Å². The lowest BCUT2D eigenvalue weighted by Gasteiger charge is -2.14. The molecule has 0 aliphatic heterocycles. The lowest BCUT2D eigenvalue weighted by molar-refractivity contribution is 0.296. The first-order valence-electron chi connectivity index (χ1n) is 9.25. The van der Waals surface area contributed by atoms with E-state index in [2.05, 4.69) is 45.9 Å². The summed E-state index contributed by atoms with van der Waals surface area (Å²) in [5.74, 6) is 2.95. The molecule has 6 heteroatoms. The van der Waals surface area contributed by atoms with Gasteiger partial charge in [-0.3, -0.25) is 4.99 Å². The number of aromatic nitrogens is 1. The van der Waals surface area contributed by atoms with Crippen molar-refractivity contribution in [3.8, 4) is 5.75 Å². The maximum atomic E-state index is 5.97. The van der Waals surface area contributed by atoms with Crippen LogP contribution < -0.4 is 15.4 Å². The molecule has 1 aliphatic carbocycles. The predicted molar refractivity (Wildman–Crippen MR) is 108 cm³/mol. The van der Waals surface area contributed by atoms with E-state index in [4.69, 9.17) is 4.74 Å². The minimum absolute atomic E-state index is 0.471. The van der Waals surface area contributed by atoms with E-state index >= 15 is 0 Å². The van der Waals surface area contributed by atoms with Gasteiger partial charge in [0.05, 0.1) is 23.9 Å². The van der Waals surface area contributed by atoms with Crippen LogP contribution in [0.25, 0.3) is 0 Å². The van der Waals surface area contributed by atoms with Gasteiger partial charge in [0, 0.05) is 30.5 Å². The van der Waals surface area contributed by atoms with Crippen LogP contribution in [-0.2, 0) is 13.1 Å². The van der Waals surface area contributed by atoms with Crippen LogP contribution in [0.5, 0.6) is 5.75 Å². The fourth-order valence-electron chi connectivity index (χ4n) is 2.53. The van der Waals surface area contributed by atoms with Gasteiger partial charge in [0.15, 0.2) is 5.96 Å². The van der Waals surface area contributed by atoms with E-state index in [1.54, 1.807) is 18.4 Å². The number of thiazole rings is 1. The van der Waals surface area contributed by atoms with Gasteiger partial charge in [-0.15, -0.1) is 11.3 Å². The number of hydrogen-bond donors (Lipinski definition) is 2. The minimum Gasteiger partial charge on any atom is -0.493 e. The fourth-order valence-corrected chi connectivity index (χ4v) is 3.36. The van der Waals surface area contributed by atoms with Gasteiger partial charge < -0.3 is 15.4 Å². The van der Waals surface area contributed by atoms with E-state index in [0.29, 0.717) is 19.0 Å². The summed E-state index contributed by atoms with van der Waals surface area (Å²) in [6.45, 7) is 6.50. The van der Waals surface area contributed by atoms with Crippen LogP contribution in [-0.4, -0.2) is 24.6 Å². The van der Waals surface area contributed by atoms with Crippen molar-refractivity contribution in [3.05, 3.63) is 45.9 Å². The average Bonchev–Trinajstić information content (AvgIpc) is 3.36. The molecule has 0 bridgehead atoms. The third kappa shape index (κ3) is 5.46. The van der Waals surface area contributed by atoms with Crippen LogP contribution in [0, 0.1) is 5.92 Å². The molecular formula is C20H28N4OS. The Kier molecular flexibility index (Phi) is 6.50. The molecule has 0 amide bonds. The monoisotopic (exact) mass is 372 g/mol. The number of hydrogen-bond acceptors (Lipinski definition) is 4. The average molecular weight is 373 g/mol. The van der Waals surface area contributed by atoms with Crippen molar-refractivity contribution in [2.45, 2.75) is 45.7 Å². The van der Waals surface area contributed by atoms with E-state index < -0.39 is 0 Å². The van der Waals surface area contributed by atoms with Gasteiger partial charge in [-0.25, -0.2) is 4.98 Å². The molecule has 0 saturated heterocycles. The van der Waals surface area contributed by atoms with Gasteiger partial charge in [0.1, 0.15) is 5.75 Å². The number of nitrogens with one attached hydrogen (secondary N) is 2. The zero-order valence-corrected chi connectivity index (χ0v) is 16.6. The van der Waals surface area contributed by atoms with Gasteiger partial charge in [0.25, 0.3) is 0 Å². The highest BCUT2D eigenvalue weighted by Crippen LogP contribution is 2.30. The molecule has 0 radical (unpaired) electrons. The van der Waals surface area contributed by atoms with E-state index in [1.807, 2.05) is 18.2 Å². The zero-order valence-electron chi connectivity index (χ0n) is 15.8. The molecule has 1 heterocycles. The molecule has 1 aliphatic rings. The Morgan fingerprint density at radius 2 is 2.04 bits per heavy atom. The zero-order chi connectivity index (χ0) is 18.4. The Labute approximate surface area is 159 Å². The van der Waals surface area contributed by atoms with E-state index in [1.165, 1.54) is 17.8 Å². The van der Waals surface area contributed by atoms with Crippen molar-refractivity contribution in [1.82, 2.24) is 15.6 Å². The summed E-state index contributed by atoms with van der Waals surface area (Å²) in [7, 11) is 1.78. The summed E-state index contributed by atoms with van der Waals surface area (Å²) in [6, 6.07) is 8.20. The third-order valence-electron chi connectivity index (χ3n) is 4.31. The molecule has 26 heavy (non-hydrogen) atoms. The molecule has 5 nitrogen and oxygen atoms in total. The first kappa shape index (κ1) is 18.7. The molecule has 0 unspecified atom stereocenters. The van der Waals surface area contributed by atoms with Crippen LogP contribution in [0.4, 0.5) is 0 Å². The van der Waals surface area contributed by atoms with Crippen LogP contribution in [0.1, 0.15) is 48.9 Å². The van der Waals surface area contributed by atoms with Crippen LogP contribution in [0.2, 0.25) is 0 Å². The van der Waals surface area contributed by atoms with Gasteiger partial charge in [-0.05, 0) is 24.8 Å². The van der Waals surface area contributed by atoms with Crippen molar-refractivity contribution in [2.24, 2.45) is 10.9 Å². The Morgan fingerprint density at radius 1 is 1.27 bits per heavy atom. The number of ether oxygens (including phenoxy) is 1. The smallest absolute Gasteiger partial charge is 0.191 e. The van der Waals surface area contributed by atoms with E-state index in [0.717, 1.165) is 35.5 Å². The molecule has 0 atom stereocenters. The summed E-state index contributed by atoms with van der Waals surface area (Å²) in [5, 5.41) is 9.97. The number of nitrogens with zero attached hydrogens (tertiary/aromatic N) is 2. The molecule has 140 valence electrons. The number of guanidine groups is 1. The third-order valence-corrected chi connectivity index (χ3v) is 5.51. The highest BCUT2D eigenvalue weighted by atomic mass is 32.1. The standard InChI is InChI=1S/C20H28N4OS/c1-14(2)19-24-17(13-26-19)11-23-20(21-3)22-10-16-6-4-5-7-18(16)25-12-15-8-9-15/h4-7,13-15H,8-12H2,1-3H3,(H2,21,22,23).